The van der Waals surface area contributed by atoms with Crippen molar-refractivity contribution in [3.63, 3.8) is 0 Å². The molecule has 0 aliphatic rings. The van der Waals surface area contributed by atoms with Gasteiger partial charge < -0.3 is 14.9 Å². The Morgan fingerprint density at radius 1 is 1.27 bits per heavy atom. The quantitative estimate of drug-likeness (QED) is 0.411. The fourth-order valence-corrected chi connectivity index (χ4v) is 3.69. The number of carbonyl (C=O) groups is 1. The largest absolute Gasteiger partial charge is 0.348 e. The highest BCUT2D eigenvalue weighted by Crippen LogP contribution is 2.22. The van der Waals surface area contributed by atoms with Crippen LogP contribution in [0.2, 0.25) is 0 Å². The van der Waals surface area contributed by atoms with Gasteiger partial charge >= 0.3 is 0 Å². The van der Waals surface area contributed by atoms with Crippen molar-refractivity contribution >= 4 is 17.7 Å². The number of hydrogen-bond donors (Lipinski definition) is 2. The number of hydrogen-bond acceptors (Lipinski definition) is 4. The first-order valence-electron chi connectivity index (χ1n) is 11.0. The van der Waals surface area contributed by atoms with Crippen molar-refractivity contribution < 1.29 is 4.79 Å². The van der Waals surface area contributed by atoms with Crippen LogP contribution in [0.1, 0.15) is 43.4 Å². The lowest BCUT2D eigenvalue weighted by Gasteiger charge is -2.12. The minimum atomic E-state index is -0.493. The van der Waals surface area contributed by atoms with E-state index in [1.165, 1.54) is 6.07 Å². The Morgan fingerprint density at radius 3 is 2.70 bits per heavy atom. The Balaban J connectivity index is 1.87. The van der Waals surface area contributed by atoms with Gasteiger partial charge in [0.05, 0.1) is 0 Å². The summed E-state index contributed by atoms with van der Waals surface area (Å²) in [6.07, 6.45) is 2.27. The number of nitrogens with zero attached hydrogens (tertiary/aromatic N) is 3. The lowest BCUT2D eigenvalue weighted by atomic mass is 10.1. The van der Waals surface area contributed by atoms with Crippen molar-refractivity contribution in [2.24, 2.45) is 5.92 Å². The van der Waals surface area contributed by atoms with Crippen molar-refractivity contribution in [3.05, 3.63) is 75.0 Å². The maximum absolute atomic E-state index is 12.8. The summed E-state index contributed by atoms with van der Waals surface area (Å²) >= 11 is 0. The van der Waals surface area contributed by atoms with Gasteiger partial charge in [-0.2, -0.15) is 5.26 Å². The van der Waals surface area contributed by atoms with Crippen LogP contribution in [0.15, 0.2) is 46.8 Å². The Hall–Kier alpha value is -3.92. The molecule has 2 N–H and O–H groups in total. The Bertz CT molecular complexity index is 1300. The summed E-state index contributed by atoms with van der Waals surface area (Å²) in [5, 5.41) is 12.4. The third kappa shape index (κ3) is 5.66. The van der Waals surface area contributed by atoms with Gasteiger partial charge in [-0.05, 0) is 56.0 Å². The number of anilines is 1. The number of rotatable bonds is 7. The van der Waals surface area contributed by atoms with E-state index in [0.717, 1.165) is 23.5 Å². The molecule has 0 aliphatic heterocycles. The number of carbonyl (C=O) groups excluding carboxylic acids is 1. The zero-order valence-electron chi connectivity index (χ0n) is 19.7. The number of aromatic nitrogens is 3. The van der Waals surface area contributed by atoms with Crippen LogP contribution in [0.4, 0.5) is 5.69 Å². The summed E-state index contributed by atoms with van der Waals surface area (Å²) < 4.78 is 2.20. The molecule has 0 aliphatic carbocycles. The molecule has 170 valence electrons. The minimum absolute atomic E-state index is 0.0183. The van der Waals surface area contributed by atoms with Crippen LogP contribution in [-0.4, -0.2) is 20.4 Å². The molecule has 0 bridgehead atoms. The van der Waals surface area contributed by atoms with E-state index in [1.807, 2.05) is 32.9 Å². The van der Waals surface area contributed by atoms with E-state index in [9.17, 15) is 14.9 Å². The highest BCUT2D eigenvalue weighted by molar-refractivity contribution is 6.09. The Labute approximate surface area is 193 Å². The van der Waals surface area contributed by atoms with Crippen LogP contribution >= 0.6 is 0 Å². The maximum atomic E-state index is 12.8. The van der Waals surface area contributed by atoms with Crippen molar-refractivity contribution in [3.8, 4) is 17.5 Å². The molecule has 3 rings (SSSR count). The normalized spacial score (nSPS) is 11.5. The number of benzene rings is 1. The van der Waals surface area contributed by atoms with Gasteiger partial charge in [-0.3, -0.25) is 9.59 Å². The number of aromatic amines is 1. The Kier molecular flexibility index (Phi) is 7.29. The summed E-state index contributed by atoms with van der Waals surface area (Å²) in [7, 11) is 0. The summed E-state index contributed by atoms with van der Waals surface area (Å²) in [6, 6.07) is 12.5. The topological polar surface area (TPSA) is 104 Å². The standard InChI is InChI=1S/C26H29N5O2/c1-6-22-13-24(32)30-25(28-22)19-8-7-9-23(12-19)29-26(33)21(14-27)11-20-10-17(4)31(18(20)5)15-16(2)3/h7-13,16H,6,15H2,1-5H3,(H,29,33)(H,28,30,32)/b21-11-. The molecule has 0 radical (unpaired) electrons. The number of nitriles is 1. The number of aryl methyl sites for hydroxylation is 2. The second-order valence-electron chi connectivity index (χ2n) is 8.47. The fourth-order valence-electron chi connectivity index (χ4n) is 3.69. The summed E-state index contributed by atoms with van der Waals surface area (Å²) in [4.78, 5) is 31.9. The van der Waals surface area contributed by atoms with Gasteiger partial charge in [-0.15, -0.1) is 0 Å². The molecule has 3 aromatic rings. The molecule has 7 nitrogen and oxygen atoms in total. The molecule has 0 saturated heterocycles. The van der Waals surface area contributed by atoms with Gasteiger partial charge in [-0.25, -0.2) is 4.98 Å². The van der Waals surface area contributed by atoms with E-state index in [0.29, 0.717) is 35.1 Å². The molecule has 1 amide bonds. The summed E-state index contributed by atoms with van der Waals surface area (Å²) in [5.74, 6) is 0.427. The number of nitrogens with one attached hydrogen (secondary N) is 2. The van der Waals surface area contributed by atoms with Gasteiger partial charge in [-0.1, -0.05) is 32.9 Å². The van der Waals surface area contributed by atoms with Crippen LogP contribution in [0.25, 0.3) is 17.5 Å². The Morgan fingerprint density at radius 2 is 2.03 bits per heavy atom. The predicted octanol–water partition coefficient (Wildman–Crippen LogP) is 4.62. The van der Waals surface area contributed by atoms with E-state index in [2.05, 4.69) is 33.7 Å². The highest BCUT2D eigenvalue weighted by atomic mass is 16.1. The van der Waals surface area contributed by atoms with E-state index in [-0.39, 0.29) is 11.1 Å². The molecule has 2 aromatic heterocycles. The zero-order valence-corrected chi connectivity index (χ0v) is 19.7. The molecule has 2 heterocycles. The van der Waals surface area contributed by atoms with E-state index >= 15 is 0 Å². The first-order valence-corrected chi connectivity index (χ1v) is 11.0. The predicted molar refractivity (Wildman–Crippen MR) is 131 cm³/mol. The molecule has 0 spiro atoms. The van der Waals surface area contributed by atoms with Crippen LogP contribution in [-0.2, 0) is 17.8 Å². The smallest absolute Gasteiger partial charge is 0.266 e. The third-order valence-electron chi connectivity index (χ3n) is 5.38. The molecule has 7 heteroatoms. The SMILES string of the molecule is CCc1cc(=O)[nH]c(-c2cccc(NC(=O)/C(C#N)=C\c3cc(C)n(CC(C)C)c3C)c2)n1. The molecule has 0 unspecified atom stereocenters. The van der Waals surface area contributed by atoms with Crippen molar-refractivity contribution in [2.45, 2.75) is 47.6 Å². The van der Waals surface area contributed by atoms with E-state index in [1.54, 1.807) is 30.3 Å². The van der Waals surface area contributed by atoms with Gasteiger partial charge in [0.25, 0.3) is 11.5 Å². The molecular weight excluding hydrogens is 414 g/mol. The van der Waals surface area contributed by atoms with E-state index < -0.39 is 5.91 Å². The molecular formula is C26H29N5O2. The van der Waals surface area contributed by atoms with Gasteiger partial charge in [0, 0.05) is 40.9 Å². The summed E-state index contributed by atoms with van der Waals surface area (Å²) in [6.45, 7) is 11.1. The zero-order chi connectivity index (χ0) is 24.1. The molecule has 33 heavy (non-hydrogen) atoms. The van der Waals surface area contributed by atoms with Crippen molar-refractivity contribution in [1.29, 1.82) is 5.26 Å². The molecule has 0 saturated carbocycles. The average Bonchev–Trinajstić information content (AvgIpc) is 3.04. The van der Waals surface area contributed by atoms with Crippen LogP contribution in [0.5, 0.6) is 0 Å². The average molecular weight is 444 g/mol. The van der Waals surface area contributed by atoms with Crippen molar-refractivity contribution in [1.82, 2.24) is 14.5 Å². The summed E-state index contributed by atoms with van der Waals surface area (Å²) in [5.41, 5.74) is 4.62. The lowest BCUT2D eigenvalue weighted by molar-refractivity contribution is -0.112. The molecule has 0 fully saturated rings. The van der Waals surface area contributed by atoms with E-state index in [4.69, 9.17) is 0 Å². The van der Waals surface area contributed by atoms with Crippen LogP contribution in [0.3, 0.4) is 0 Å². The third-order valence-corrected chi connectivity index (χ3v) is 5.38. The number of H-pyrrole nitrogens is 1. The first-order chi connectivity index (χ1) is 15.7. The molecule has 1 aromatic carbocycles. The van der Waals surface area contributed by atoms with Crippen LogP contribution in [0, 0.1) is 31.1 Å². The second kappa shape index (κ2) is 10.1. The monoisotopic (exact) mass is 443 g/mol. The van der Waals surface area contributed by atoms with Gasteiger partial charge in [0.1, 0.15) is 17.5 Å². The first kappa shape index (κ1) is 23.7. The molecule has 0 atom stereocenters. The number of amides is 1. The van der Waals surface area contributed by atoms with Crippen LogP contribution < -0.4 is 10.9 Å². The fraction of sp³-hybridized carbons (Fsp3) is 0.308. The second-order valence-corrected chi connectivity index (χ2v) is 8.47. The van der Waals surface area contributed by atoms with Crippen molar-refractivity contribution in [2.75, 3.05) is 5.32 Å². The van der Waals surface area contributed by atoms with Gasteiger partial charge in [0.2, 0.25) is 0 Å². The van der Waals surface area contributed by atoms with Gasteiger partial charge in [0.15, 0.2) is 0 Å². The lowest BCUT2D eigenvalue weighted by Crippen LogP contribution is -2.14. The maximum Gasteiger partial charge on any atom is 0.266 e. The highest BCUT2D eigenvalue weighted by Gasteiger charge is 2.14. The minimum Gasteiger partial charge on any atom is -0.348 e.